The number of thiophene rings is 1. The monoisotopic (exact) mass is 441 g/mol. The zero-order chi connectivity index (χ0) is 21.8. The van der Waals surface area contributed by atoms with E-state index in [4.69, 9.17) is 0 Å². The zero-order valence-electron chi connectivity index (χ0n) is 16.6. The summed E-state index contributed by atoms with van der Waals surface area (Å²) in [6.07, 6.45) is 0.912. The van der Waals surface area contributed by atoms with E-state index in [0.717, 1.165) is 37.2 Å². The van der Waals surface area contributed by atoms with Crippen molar-refractivity contribution in [2.75, 3.05) is 18.4 Å². The lowest BCUT2D eigenvalue weighted by molar-refractivity contribution is -0.136. The third-order valence-corrected chi connectivity index (χ3v) is 6.07. The van der Waals surface area contributed by atoms with Gasteiger partial charge in [0, 0.05) is 25.7 Å². The number of amides is 2. The van der Waals surface area contributed by atoms with Gasteiger partial charge in [-0.1, -0.05) is 24.3 Å². The molecule has 3 aromatic rings. The molecule has 0 bridgehead atoms. The molecular formula is C23H21F2N3O2S. The molecule has 8 heteroatoms. The van der Waals surface area contributed by atoms with Gasteiger partial charge in [0.15, 0.2) is 0 Å². The maximum absolute atomic E-state index is 13.7. The molecule has 0 radical (unpaired) electrons. The maximum Gasteiger partial charge on any atom is 0.313 e. The number of anilines is 1. The van der Waals surface area contributed by atoms with Gasteiger partial charge in [-0.15, -0.1) is 0 Å². The Morgan fingerprint density at radius 2 is 1.87 bits per heavy atom. The largest absolute Gasteiger partial charge is 0.346 e. The first-order valence-electron chi connectivity index (χ1n) is 9.88. The Balaban J connectivity index is 1.42. The second-order valence-electron chi connectivity index (χ2n) is 7.35. The van der Waals surface area contributed by atoms with E-state index in [-0.39, 0.29) is 18.3 Å². The molecule has 2 amide bonds. The number of fused-ring (bicyclic) bond motifs is 1. The van der Waals surface area contributed by atoms with Crippen molar-refractivity contribution in [1.29, 1.82) is 0 Å². The molecule has 0 saturated heterocycles. The van der Waals surface area contributed by atoms with Crippen LogP contribution in [-0.2, 0) is 22.6 Å². The predicted octanol–water partition coefficient (Wildman–Crippen LogP) is 3.88. The minimum atomic E-state index is -1.00. The standard InChI is InChI=1S/C23H21F2N3O2S/c24-18-5-6-20(19(25)11-18)27-23(30)22(29)26-12-21(17-8-10-31-14-17)28-9-7-15-3-1-2-4-16(15)13-28/h1-6,8,10-11,14,21H,7,9,12-13H2,(H,26,29)(H,27,30). The van der Waals surface area contributed by atoms with Gasteiger partial charge in [0.05, 0.1) is 11.7 Å². The third kappa shape index (κ3) is 4.98. The van der Waals surface area contributed by atoms with Crippen molar-refractivity contribution < 1.29 is 18.4 Å². The number of rotatable bonds is 5. The van der Waals surface area contributed by atoms with E-state index < -0.39 is 23.4 Å². The molecule has 160 valence electrons. The first kappa shape index (κ1) is 21.1. The highest BCUT2D eigenvalue weighted by molar-refractivity contribution is 7.08. The number of nitrogens with one attached hydrogen (secondary N) is 2. The highest BCUT2D eigenvalue weighted by atomic mass is 32.1. The molecule has 1 aromatic heterocycles. The number of nitrogens with zero attached hydrogens (tertiary/aromatic N) is 1. The summed E-state index contributed by atoms with van der Waals surface area (Å²) in [7, 11) is 0. The van der Waals surface area contributed by atoms with E-state index in [1.807, 2.05) is 29.0 Å². The lowest BCUT2D eigenvalue weighted by Gasteiger charge is -2.35. The fourth-order valence-electron chi connectivity index (χ4n) is 3.75. The van der Waals surface area contributed by atoms with E-state index in [1.54, 1.807) is 11.3 Å². The quantitative estimate of drug-likeness (QED) is 0.591. The normalized spacial score (nSPS) is 14.5. The topological polar surface area (TPSA) is 61.4 Å². The van der Waals surface area contributed by atoms with E-state index in [9.17, 15) is 18.4 Å². The third-order valence-electron chi connectivity index (χ3n) is 5.37. The summed E-state index contributed by atoms with van der Waals surface area (Å²) in [5.41, 5.74) is 3.40. The molecule has 4 rings (SSSR count). The first-order chi connectivity index (χ1) is 15.0. The Kier molecular flexibility index (Phi) is 6.39. The van der Waals surface area contributed by atoms with Gasteiger partial charge < -0.3 is 10.6 Å². The van der Waals surface area contributed by atoms with Crippen molar-refractivity contribution in [3.8, 4) is 0 Å². The van der Waals surface area contributed by atoms with E-state index >= 15 is 0 Å². The van der Waals surface area contributed by atoms with Gasteiger partial charge in [-0.3, -0.25) is 14.5 Å². The lowest BCUT2D eigenvalue weighted by atomic mass is 9.97. The van der Waals surface area contributed by atoms with Gasteiger partial charge in [0.2, 0.25) is 0 Å². The van der Waals surface area contributed by atoms with Gasteiger partial charge in [-0.2, -0.15) is 11.3 Å². The molecule has 2 heterocycles. The van der Waals surface area contributed by atoms with Gasteiger partial charge in [0.25, 0.3) is 0 Å². The Bertz CT molecular complexity index is 1090. The highest BCUT2D eigenvalue weighted by Gasteiger charge is 2.26. The van der Waals surface area contributed by atoms with E-state index in [2.05, 4.69) is 27.7 Å². The molecule has 0 aliphatic carbocycles. The van der Waals surface area contributed by atoms with Gasteiger partial charge >= 0.3 is 11.8 Å². The zero-order valence-corrected chi connectivity index (χ0v) is 17.4. The summed E-state index contributed by atoms with van der Waals surface area (Å²) in [5, 5.41) is 8.85. The summed E-state index contributed by atoms with van der Waals surface area (Å²) < 4.78 is 26.8. The van der Waals surface area contributed by atoms with Gasteiger partial charge in [-0.25, -0.2) is 8.78 Å². The van der Waals surface area contributed by atoms with Crippen LogP contribution in [0.25, 0.3) is 0 Å². The second-order valence-corrected chi connectivity index (χ2v) is 8.13. The van der Waals surface area contributed by atoms with Crippen LogP contribution in [0.2, 0.25) is 0 Å². The van der Waals surface area contributed by atoms with Crippen LogP contribution in [0.15, 0.2) is 59.3 Å². The lowest BCUT2D eigenvalue weighted by Crippen LogP contribution is -2.43. The average Bonchev–Trinajstić information content (AvgIpc) is 3.30. The highest BCUT2D eigenvalue weighted by Crippen LogP contribution is 2.28. The Labute approximate surface area is 182 Å². The van der Waals surface area contributed by atoms with Crippen LogP contribution in [0, 0.1) is 11.6 Å². The SMILES string of the molecule is O=C(NCC(c1ccsc1)N1CCc2ccccc2C1)C(=O)Nc1ccc(F)cc1F. The smallest absolute Gasteiger partial charge is 0.313 e. The number of hydrogen-bond acceptors (Lipinski definition) is 4. The molecule has 0 spiro atoms. The first-order valence-corrected chi connectivity index (χ1v) is 10.8. The summed E-state index contributed by atoms with van der Waals surface area (Å²) in [4.78, 5) is 26.8. The summed E-state index contributed by atoms with van der Waals surface area (Å²) in [5.74, 6) is -3.58. The van der Waals surface area contributed by atoms with E-state index in [1.165, 1.54) is 11.1 Å². The van der Waals surface area contributed by atoms with Crippen LogP contribution in [0.4, 0.5) is 14.5 Å². The Hall–Kier alpha value is -3.10. The maximum atomic E-state index is 13.7. The van der Waals surface area contributed by atoms with Crippen molar-refractivity contribution in [1.82, 2.24) is 10.2 Å². The van der Waals surface area contributed by atoms with Crippen LogP contribution < -0.4 is 10.6 Å². The second kappa shape index (κ2) is 9.36. The molecule has 1 atom stereocenters. The fraction of sp³-hybridized carbons (Fsp3) is 0.217. The van der Waals surface area contributed by atoms with Crippen LogP contribution in [-0.4, -0.2) is 29.8 Å². The molecule has 1 aliphatic heterocycles. The number of carbonyl (C=O) groups excluding carboxylic acids is 2. The summed E-state index contributed by atoms with van der Waals surface area (Å²) in [6, 6.07) is 12.9. The van der Waals surface area contributed by atoms with Crippen molar-refractivity contribution in [3.05, 3.63) is 87.6 Å². The number of carbonyl (C=O) groups is 2. The molecule has 2 aromatic carbocycles. The van der Waals surface area contributed by atoms with Crippen molar-refractivity contribution >= 4 is 28.8 Å². The molecule has 0 saturated carbocycles. The van der Waals surface area contributed by atoms with Gasteiger partial charge in [0.1, 0.15) is 11.6 Å². The van der Waals surface area contributed by atoms with Crippen molar-refractivity contribution in [2.24, 2.45) is 0 Å². The average molecular weight is 442 g/mol. The van der Waals surface area contributed by atoms with Gasteiger partial charge in [-0.05, 0) is 52.1 Å². The number of hydrogen-bond donors (Lipinski definition) is 2. The van der Waals surface area contributed by atoms with Crippen molar-refractivity contribution in [3.63, 3.8) is 0 Å². The fourth-order valence-corrected chi connectivity index (χ4v) is 4.45. The minimum absolute atomic E-state index is 0.0982. The predicted molar refractivity (Wildman–Crippen MR) is 116 cm³/mol. The summed E-state index contributed by atoms with van der Waals surface area (Å²) in [6.45, 7) is 1.82. The molecule has 5 nitrogen and oxygen atoms in total. The molecular weight excluding hydrogens is 420 g/mol. The van der Waals surface area contributed by atoms with E-state index in [0.29, 0.717) is 6.07 Å². The van der Waals surface area contributed by atoms with Crippen LogP contribution >= 0.6 is 11.3 Å². The number of halogens is 2. The Morgan fingerprint density at radius 3 is 2.61 bits per heavy atom. The molecule has 1 unspecified atom stereocenters. The van der Waals surface area contributed by atoms with Crippen LogP contribution in [0.3, 0.4) is 0 Å². The molecule has 0 fully saturated rings. The van der Waals surface area contributed by atoms with Crippen molar-refractivity contribution in [2.45, 2.75) is 19.0 Å². The molecule has 31 heavy (non-hydrogen) atoms. The number of benzene rings is 2. The minimum Gasteiger partial charge on any atom is -0.346 e. The Morgan fingerprint density at radius 1 is 1.06 bits per heavy atom. The van der Waals surface area contributed by atoms with Crippen LogP contribution in [0.1, 0.15) is 22.7 Å². The molecule has 2 N–H and O–H groups in total. The summed E-state index contributed by atoms with van der Waals surface area (Å²) >= 11 is 1.57. The van der Waals surface area contributed by atoms with Crippen LogP contribution in [0.5, 0.6) is 0 Å². The molecule has 1 aliphatic rings.